The predicted molar refractivity (Wildman–Crippen MR) is 241 cm³/mol. The molecule has 3 aromatic carbocycles. The van der Waals surface area contributed by atoms with Crippen LogP contribution in [0.5, 0.6) is 0 Å². The minimum Gasteiger partial charge on any atom is -0.481 e. The van der Waals surface area contributed by atoms with Gasteiger partial charge in [-0.25, -0.2) is 14.8 Å². The predicted octanol–water partition coefficient (Wildman–Crippen LogP) is 6.71. The smallest absolute Gasteiger partial charge is 0.424 e. The van der Waals surface area contributed by atoms with Crippen LogP contribution in [0.2, 0.25) is 0 Å². The quantitative estimate of drug-likeness (QED) is 0.0539. The van der Waals surface area contributed by atoms with Crippen LogP contribution in [0.4, 0.5) is 4.79 Å². The summed E-state index contributed by atoms with van der Waals surface area (Å²) in [5.41, 5.74) is 6.01. The van der Waals surface area contributed by atoms with E-state index < -0.39 is 17.7 Å². The van der Waals surface area contributed by atoms with E-state index in [0.29, 0.717) is 39.0 Å². The molecule has 0 unspecified atom stereocenters. The number of fused-ring (bicyclic) bond motifs is 4. The average Bonchev–Trinajstić information content (AvgIpc) is 3.79. The van der Waals surface area contributed by atoms with Crippen molar-refractivity contribution < 1.29 is 48.0 Å². The number of benzene rings is 3. The Balaban J connectivity index is 0.984. The largest absolute Gasteiger partial charge is 0.481 e. The van der Waals surface area contributed by atoms with Crippen LogP contribution in [0.15, 0.2) is 78.9 Å². The summed E-state index contributed by atoms with van der Waals surface area (Å²) in [6.45, 7) is 8.66. The fourth-order valence-corrected chi connectivity index (χ4v) is 8.52. The molecule has 1 N–H and O–H groups in total. The maximum atomic E-state index is 13.7. The fourth-order valence-electron chi connectivity index (χ4n) is 8.52. The number of likely N-dealkylation sites (tertiary alicyclic amines) is 1. The van der Waals surface area contributed by atoms with Gasteiger partial charge in [-0.05, 0) is 73.4 Å². The third-order valence-electron chi connectivity index (χ3n) is 11.8. The van der Waals surface area contributed by atoms with E-state index in [1.54, 1.807) is 11.9 Å². The summed E-state index contributed by atoms with van der Waals surface area (Å²) in [5, 5.41) is 13.6. The lowest BCUT2D eigenvalue weighted by molar-refractivity contribution is -0.156. The number of aromatic nitrogens is 1. The second-order valence-electron chi connectivity index (χ2n) is 17.4. The van der Waals surface area contributed by atoms with E-state index >= 15 is 0 Å². The average molecular weight is 882 g/mol. The third-order valence-corrected chi connectivity index (χ3v) is 11.8. The van der Waals surface area contributed by atoms with Crippen LogP contribution in [-0.4, -0.2) is 138 Å². The number of carbonyl (C=O) groups excluding carboxylic acids is 4. The number of nitrogens with zero attached hydrogens (tertiary/aromatic N) is 5. The van der Waals surface area contributed by atoms with Crippen molar-refractivity contribution in [3.05, 3.63) is 95.7 Å². The van der Waals surface area contributed by atoms with E-state index in [2.05, 4.69) is 34.9 Å². The first-order valence-electron chi connectivity index (χ1n) is 22.2. The molecule has 0 saturated carbocycles. The Morgan fingerprint density at radius 2 is 1.39 bits per heavy atom. The zero-order valence-corrected chi connectivity index (χ0v) is 37.8. The van der Waals surface area contributed by atoms with Crippen LogP contribution < -0.4 is 0 Å². The minimum atomic E-state index is -1.04. The van der Waals surface area contributed by atoms with Crippen molar-refractivity contribution in [3.63, 3.8) is 0 Å². The maximum Gasteiger partial charge on any atom is 0.424 e. The van der Waals surface area contributed by atoms with Gasteiger partial charge in [0.15, 0.2) is 0 Å². The van der Waals surface area contributed by atoms with E-state index in [-0.39, 0.29) is 95.0 Å². The first-order valence-corrected chi connectivity index (χ1v) is 22.2. The summed E-state index contributed by atoms with van der Waals surface area (Å²) >= 11 is 0. The van der Waals surface area contributed by atoms with Gasteiger partial charge in [-0.2, -0.15) is 0 Å². The Labute approximate surface area is 375 Å². The molecular weight excluding hydrogens is 819 g/mol. The van der Waals surface area contributed by atoms with Gasteiger partial charge in [-0.3, -0.25) is 19.2 Å². The number of piperidine rings is 1. The van der Waals surface area contributed by atoms with Crippen molar-refractivity contribution in [1.82, 2.24) is 24.4 Å². The summed E-state index contributed by atoms with van der Waals surface area (Å²) < 4.78 is 24.6. The molecule has 6 rings (SSSR count). The van der Waals surface area contributed by atoms with Crippen molar-refractivity contribution in [1.29, 1.82) is 0 Å². The van der Waals surface area contributed by atoms with E-state index in [1.165, 1.54) is 16.1 Å². The molecule has 4 aromatic rings. The number of hydrogen-bond donors (Lipinski definition) is 1. The molecule has 15 nitrogen and oxygen atoms in total. The number of amides is 3. The molecule has 2 heterocycles. The van der Waals surface area contributed by atoms with E-state index in [0.717, 1.165) is 27.7 Å². The summed E-state index contributed by atoms with van der Waals surface area (Å²) in [5.74, 6) is -1.68. The van der Waals surface area contributed by atoms with E-state index in [9.17, 15) is 29.1 Å². The van der Waals surface area contributed by atoms with Crippen LogP contribution in [0.1, 0.15) is 82.0 Å². The van der Waals surface area contributed by atoms with Gasteiger partial charge in [-0.1, -0.05) is 66.7 Å². The number of carbonyl (C=O) groups is 5. The molecule has 0 atom stereocenters. The molecule has 1 aliphatic heterocycles. The normalized spacial score (nSPS) is 14.1. The van der Waals surface area contributed by atoms with Crippen molar-refractivity contribution in [3.8, 4) is 11.1 Å². The van der Waals surface area contributed by atoms with Crippen LogP contribution in [0.3, 0.4) is 0 Å². The monoisotopic (exact) mass is 881 g/mol. The molecule has 1 aromatic heterocycles. The van der Waals surface area contributed by atoms with Gasteiger partial charge in [-0.15, -0.1) is 0 Å². The molecule has 64 heavy (non-hydrogen) atoms. The molecule has 3 amide bonds. The zero-order chi connectivity index (χ0) is 45.8. The number of carboxylic acids is 1. The number of aryl methyl sites for hydroxylation is 1. The van der Waals surface area contributed by atoms with Gasteiger partial charge in [0.1, 0.15) is 12.2 Å². The fraction of sp³-hybridized carbons (Fsp3) is 0.490. The van der Waals surface area contributed by atoms with Crippen molar-refractivity contribution >= 4 is 40.7 Å². The summed E-state index contributed by atoms with van der Waals surface area (Å²) in [6.07, 6.45) is 0.669. The van der Waals surface area contributed by atoms with Gasteiger partial charge >= 0.3 is 18.0 Å². The number of hydrazine groups is 1. The first-order chi connectivity index (χ1) is 30.7. The van der Waals surface area contributed by atoms with Crippen LogP contribution in [0, 0.1) is 0 Å². The van der Waals surface area contributed by atoms with Crippen molar-refractivity contribution in [2.24, 2.45) is 0 Å². The number of rotatable bonds is 21. The van der Waals surface area contributed by atoms with Gasteiger partial charge in [0, 0.05) is 76.3 Å². The molecule has 1 saturated heterocycles. The summed E-state index contributed by atoms with van der Waals surface area (Å²) in [6, 6.07) is 26.4. The van der Waals surface area contributed by atoms with Crippen LogP contribution >= 0.6 is 0 Å². The van der Waals surface area contributed by atoms with Gasteiger partial charge in [0.05, 0.1) is 45.8 Å². The molecular formula is C49H63N5O10. The molecule has 0 bridgehead atoms. The second kappa shape index (κ2) is 22.2. The Morgan fingerprint density at radius 3 is 2.05 bits per heavy atom. The van der Waals surface area contributed by atoms with E-state index in [1.807, 2.05) is 86.3 Å². The van der Waals surface area contributed by atoms with Gasteiger partial charge < -0.3 is 38.4 Å². The second-order valence-corrected chi connectivity index (χ2v) is 17.4. The number of esters is 1. The first kappa shape index (κ1) is 47.7. The number of para-hydroxylation sites is 1. The zero-order valence-electron chi connectivity index (χ0n) is 37.8. The number of aliphatic carboxylic acids is 1. The lowest BCUT2D eigenvalue weighted by Crippen LogP contribution is -2.50. The third kappa shape index (κ3) is 12.7. The summed E-state index contributed by atoms with van der Waals surface area (Å²) in [4.78, 5) is 67.1. The molecule has 1 fully saturated rings. The van der Waals surface area contributed by atoms with Crippen LogP contribution in [0.25, 0.3) is 22.0 Å². The Hall–Kier alpha value is -5.77. The molecule has 0 spiro atoms. The highest BCUT2D eigenvalue weighted by molar-refractivity contribution is 5.83. The maximum absolute atomic E-state index is 13.7. The molecule has 2 aliphatic rings. The van der Waals surface area contributed by atoms with Crippen molar-refractivity contribution in [2.45, 2.75) is 89.9 Å². The van der Waals surface area contributed by atoms with Gasteiger partial charge in [0.2, 0.25) is 11.8 Å². The highest BCUT2D eigenvalue weighted by Crippen LogP contribution is 2.44. The number of hydrogen-bond acceptors (Lipinski definition) is 10. The standard InChI is InChI=1S/C49H63N5O10/c1-49(2,3)64-47(59)23-28-61-30-31-62-29-27-54(45(56)18-19-46(57)58)36-20-24-52(25-21-36)44(55)22-26-53-37(32-35-12-6-11-17-43(35)53)33-50(4)51(5)48(60)63-34-42-40-15-9-7-13-38(40)39-14-8-10-16-41(39)42/h6-17,32,36,42H,18-31,33-34H2,1-5H3,(H,57,58). The topological polar surface area (TPSA) is 160 Å². The summed E-state index contributed by atoms with van der Waals surface area (Å²) in [7, 11) is 3.53. The highest BCUT2D eigenvalue weighted by Gasteiger charge is 2.32. The Morgan fingerprint density at radius 1 is 0.766 bits per heavy atom. The van der Waals surface area contributed by atoms with Crippen molar-refractivity contribution in [2.75, 3.05) is 66.8 Å². The SMILES string of the molecule is CN(Cc1cc2ccccc2n1CCC(=O)N1CCC(N(CCOCCOCCC(=O)OC(C)(C)C)C(=O)CCC(=O)O)CC1)N(C)C(=O)OCC1c2ccccc2-c2ccccc21. The molecule has 0 radical (unpaired) electrons. The Kier molecular flexibility index (Phi) is 16.6. The number of carboxylic acid groups (broad SMARTS) is 1. The molecule has 344 valence electrons. The van der Waals surface area contributed by atoms with Crippen LogP contribution in [-0.2, 0) is 51.2 Å². The number of ether oxygens (including phenoxy) is 4. The molecule has 15 heteroatoms. The minimum absolute atomic E-state index is 0.00467. The lowest BCUT2D eigenvalue weighted by Gasteiger charge is -2.38. The molecule has 1 aliphatic carbocycles. The highest BCUT2D eigenvalue weighted by atomic mass is 16.6. The Bertz CT molecular complexity index is 2200. The van der Waals surface area contributed by atoms with Gasteiger partial charge in [0.25, 0.3) is 0 Å². The van der Waals surface area contributed by atoms with E-state index in [4.69, 9.17) is 18.9 Å². The lowest BCUT2D eigenvalue weighted by atomic mass is 9.98.